The van der Waals surface area contributed by atoms with E-state index in [0.29, 0.717) is 21.7 Å². The Morgan fingerprint density at radius 2 is 1.63 bits per heavy atom. The number of anilines is 2. The predicted octanol–water partition coefficient (Wildman–Crippen LogP) is 7.30. The highest BCUT2D eigenvalue weighted by Crippen LogP contribution is 2.36. The molecule has 0 radical (unpaired) electrons. The van der Waals surface area contributed by atoms with E-state index in [1.807, 2.05) is 0 Å². The first-order valence-corrected chi connectivity index (χ1v) is 13.9. The number of hydrogen-bond acceptors (Lipinski definition) is 5. The number of ether oxygens (including phenoxy) is 2. The van der Waals surface area contributed by atoms with Crippen LogP contribution >= 0.6 is 11.6 Å². The molecule has 0 heterocycles. The summed E-state index contributed by atoms with van der Waals surface area (Å²) in [6.45, 7) is 0.769. The van der Waals surface area contributed by atoms with Gasteiger partial charge in [0.05, 0.1) is 24.0 Å². The zero-order valence-corrected chi connectivity index (χ0v) is 23.3. The summed E-state index contributed by atoms with van der Waals surface area (Å²) in [5.41, 5.74) is -0.772. The molecule has 0 aliphatic carbocycles. The van der Waals surface area contributed by atoms with E-state index in [-0.39, 0.29) is 32.8 Å². The molecule has 0 bridgehead atoms. The SMILES string of the molecule is COc1ccc(C)cc1S(=O)(=O)N(CC(=O)Nc1cc(Cl)ccc1Oc1ccccc1)c1cccc(C(F)(F)F)c1. The van der Waals surface area contributed by atoms with Crippen LogP contribution in [0.2, 0.25) is 5.02 Å². The first kappa shape index (κ1) is 29.8. The van der Waals surface area contributed by atoms with E-state index in [1.165, 1.54) is 37.4 Å². The molecule has 0 aliphatic rings. The average molecular weight is 605 g/mol. The first-order chi connectivity index (χ1) is 19.4. The number of rotatable bonds is 9. The van der Waals surface area contributed by atoms with Crippen LogP contribution in [-0.4, -0.2) is 28.0 Å². The Hall–Kier alpha value is -4.22. The van der Waals surface area contributed by atoms with E-state index in [1.54, 1.807) is 49.4 Å². The maximum absolute atomic E-state index is 13.9. The lowest BCUT2D eigenvalue weighted by atomic mass is 10.2. The van der Waals surface area contributed by atoms with E-state index in [4.69, 9.17) is 21.1 Å². The van der Waals surface area contributed by atoms with Crippen molar-refractivity contribution in [3.05, 3.63) is 107 Å². The molecular weight excluding hydrogens is 581 g/mol. The number of sulfonamides is 1. The van der Waals surface area contributed by atoms with Gasteiger partial charge in [0.2, 0.25) is 5.91 Å². The van der Waals surface area contributed by atoms with Crippen LogP contribution in [0.5, 0.6) is 17.2 Å². The largest absolute Gasteiger partial charge is 0.495 e. The number of alkyl halides is 3. The molecule has 41 heavy (non-hydrogen) atoms. The van der Waals surface area contributed by atoms with Crippen molar-refractivity contribution in [2.45, 2.75) is 18.0 Å². The van der Waals surface area contributed by atoms with Crippen molar-refractivity contribution in [3.8, 4) is 17.2 Å². The normalized spacial score (nSPS) is 11.6. The lowest BCUT2D eigenvalue weighted by molar-refractivity contribution is -0.137. The fourth-order valence-corrected chi connectivity index (χ4v) is 5.71. The summed E-state index contributed by atoms with van der Waals surface area (Å²) in [7, 11) is -3.35. The van der Waals surface area contributed by atoms with Gasteiger partial charge in [-0.2, -0.15) is 13.2 Å². The molecule has 0 spiro atoms. The van der Waals surface area contributed by atoms with Gasteiger partial charge in [-0.3, -0.25) is 9.10 Å². The average Bonchev–Trinajstić information content (AvgIpc) is 2.93. The Labute approximate surface area is 240 Å². The van der Waals surface area contributed by atoms with E-state index in [0.717, 1.165) is 12.1 Å². The summed E-state index contributed by atoms with van der Waals surface area (Å²) in [5.74, 6) is -0.230. The number of carbonyl (C=O) groups is 1. The third kappa shape index (κ3) is 7.11. The van der Waals surface area contributed by atoms with Crippen molar-refractivity contribution >= 4 is 38.9 Å². The molecule has 214 valence electrons. The standard InChI is InChI=1S/C29H24ClF3N2O5S/c1-19-11-13-26(39-2)27(15-19)41(37,38)35(22-8-6-7-20(16-22)29(31,32)33)18-28(36)34-24-17-21(30)12-14-25(24)40-23-9-4-3-5-10-23/h3-17H,18H2,1-2H3,(H,34,36). The maximum atomic E-state index is 13.9. The van der Waals surface area contributed by atoms with Crippen LogP contribution in [-0.2, 0) is 21.0 Å². The molecule has 4 aromatic carbocycles. The van der Waals surface area contributed by atoms with Gasteiger partial charge in [-0.25, -0.2) is 8.42 Å². The van der Waals surface area contributed by atoms with Gasteiger partial charge in [-0.1, -0.05) is 41.9 Å². The molecule has 0 atom stereocenters. The molecule has 12 heteroatoms. The van der Waals surface area contributed by atoms with Crippen molar-refractivity contribution in [2.75, 3.05) is 23.3 Å². The molecular formula is C29H24ClF3N2O5S. The second-order valence-electron chi connectivity index (χ2n) is 8.82. The summed E-state index contributed by atoms with van der Waals surface area (Å²) in [5, 5.41) is 2.83. The van der Waals surface area contributed by atoms with Gasteiger partial charge in [-0.15, -0.1) is 0 Å². The number of aryl methyl sites for hydroxylation is 1. The number of benzene rings is 4. The first-order valence-electron chi connectivity index (χ1n) is 12.1. The van der Waals surface area contributed by atoms with E-state index < -0.39 is 34.2 Å². The summed E-state index contributed by atoms with van der Waals surface area (Å²) < 4.78 is 80.1. The van der Waals surface area contributed by atoms with Gasteiger partial charge in [-0.05, 0) is 73.2 Å². The Morgan fingerprint density at radius 3 is 2.32 bits per heavy atom. The summed E-state index contributed by atoms with van der Waals surface area (Å²) >= 11 is 6.13. The van der Waals surface area contributed by atoms with Gasteiger partial charge in [0, 0.05) is 5.02 Å². The molecule has 0 saturated heterocycles. The highest BCUT2D eigenvalue weighted by Gasteiger charge is 2.34. The van der Waals surface area contributed by atoms with Crippen LogP contribution in [0.4, 0.5) is 24.5 Å². The van der Waals surface area contributed by atoms with Crippen molar-refractivity contribution in [1.29, 1.82) is 0 Å². The molecule has 4 rings (SSSR count). The second kappa shape index (κ2) is 12.1. The number of halogens is 4. The van der Waals surface area contributed by atoms with Gasteiger partial charge in [0.1, 0.15) is 22.9 Å². The van der Waals surface area contributed by atoms with Crippen molar-refractivity contribution in [2.24, 2.45) is 0 Å². The van der Waals surface area contributed by atoms with Crippen LogP contribution in [0.3, 0.4) is 0 Å². The third-order valence-electron chi connectivity index (χ3n) is 5.82. The van der Waals surface area contributed by atoms with Crippen LogP contribution in [0, 0.1) is 6.92 Å². The maximum Gasteiger partial charge on any atom is 0.416 e. The molecule has 0 saturated carbocycles. The topological polar surface area (TPSA) is 84.9 Å². The zero-order valence-electron chi connectivity index (χ0n) is 21.8. The predicted molar refractivity (Wildman–Crippen MR) is 150 cm³/mol. The summed E-state index contributed by atoms with van der Waals surface area (Å²) in [6.07, 6.45) is -4.75. The summed E-state index contributed by atoms with van der Waals surface area (Å²) in [6, 6.07) is 21.2. The van der Waals surface area contributed by atoms with Crippen LogP contribution < -0.4 is 19.1 Å². The highest BCUT2D eigenvalue weighted by atomic mass is 35.5. The van der Waals surface area contributed by atoms with Crippen LogP contribution in [0.15, 0.2) is 95.9 Å². The lowest BCUT2D eigenvalue weighted by Crippen LogP contribution is -2.38. The fourth-order valence-electron chi connectivity index (χ4n) is 3.88. The van der Waals surface area contributed by atoms with Crippen LogP contribution in [0.1, 0.15) is 11.1 Å². The molecule has 0 unspecified atom stereocenters. The molecule has 1 N–H and O–H groups in total. The van der Waals surface area contributed by atoms with E-state index in [9.17, 15) is 26.4 Å². The fraction of sp³-hybridized carbons (Fsp3) is 0.138. The van der Waals surface area contributed by atoms with E-state index >= 15 is 0 Å². The number of nitrogens with one attached hydrogen (secondary N) is 1. The number of carbonyl (C=O) groups excluding carboxylic acids is 1. The molecule has 7 nitrogen and oxygen atoms in total. The Morgan fingerprint density at radius 1 is 0.927 bits per heavy atom. The number of amides is 1. The molecule has 4 aromatic rings. The molecule has 0 aromatic heterocycles. The third-order valence-corrected chi connectivity index (χ3v) is 7.85. The monoisotopic (exact) mass is 604 g/mol. The van der Waals surface area contributed by atoms with Gasteiger partial charge < -0.3 is 14.8 Å². The van der Waals surface area contributed by atoms with E-state index in [2.05, 4.69) is 5.32 Å². The Balaban J connectivity index is 1.74. The smallest absolute Gasteiger partial charge is 0.416 e. The number of para-hydroxylation sites is 1. The second-order valence-corrected chi connectivity index (χ2v) is 11.1. The molecule has 1 amide bonds. The quantitative estimate of drug-likeness (QED) is 0.217. The lowest BCUT2D eigenvalue weighted by Gasteiger charge is -2.26. The van der Waals surface area contributed by atoms with Gasteiger partial charge >= 0.3 is 6.18 Å². The minimum absolute atomic E-state index is 0.0404. The van der Waals surface area contributed by atoms with Crippen LogP contribution in [0.25, 0.3) is 0 Å². The van der Waals surface area contributed by atoms with Gasteiger partial charge in [0.25, 0.3) is 10.0 Å². The highest BCUT2D eigenvalue weighted by molar-refractivity contribution is 7.93. The number of methoxy groups -OCH3 is 1. The summed E-state index contributed by atoms with van der Waals surface area (Å²) in [4.78, 5) is 13.0. The zero-order chi connectivity index (χ0) is 29.8. The number of nitrogens with zero attached hydrogens (tertiary/aromatic N) is 1. The van der Waals surface area contributed by atoms with Gasteiger partial charge in [0.15, 0.2) is 5.75 Å². The Bertz CT molecular complexity index is 1670. The minimum atomic E-state index is -4.75. The number of hydrogen-bond donors (Lipinski definition) is 1. The van der Waals surface area contributed by atoms with Crippen molar-refractivity contribution in [1.82, 2.24) is 0 Å². The molecule has 0 aliphatic heterocycles. The Kier molecular flexibility index (Phi) is 8.79. The molecule has 0 fully saturated rings. The van der Waals surface area contributed by atoms with Crippen molar-refractivity contribution in [3.63, 3.8) is 0 Å². The minimum Gasteiger partial charge on any atom is -0.495 e. The van der Waals surface area contributed by atoms with Crippen molar-refractivity contribution < 1.29 is 35.9 Å².